The number of carboxylic acids is 1. The smallest absolute Gasteiger partial charge is 0.387 e. The van der Waals surface area contributed by atoms with Crippen molar-refractivity contribution in [3.8, 4) is 5.75 Å². The highest BCUT2D eigenvalue weighted by Gasteiger charge is 2.39. The molecule has 1 aromatic heterocycles. The van der Waals surface area contributed by atoms with Crippen LogP contribution in [0.3, 0.4) is 0 Å². The molecule has 0 radical (unpaired) electrons. The lowest BCUT2D eigenvalue weighted by Crippen LogP contribution is -2.30. The predicted molar refractivity (Wildman–Crippen MR) is 136 cm³/mol. The highest BCUT2D eigenvalue weighted by Crippen LogP contribution is 2.40. The Labute approximate surface area is 219 Å². The maximum absolute atomic E-state index is 13.1. The number of ether oxygens (including phenoxy) is 2. The molecule has 0 amide bonds. The number of alkyl halides is 2. The van der Waals surface area contributed by atoms with Crippen LogP contribution in [0.2, 0.25) is 0 Å². The van der Waals surface area contributed by atoms with Crippen molar-refractivity contribution in [2.75, 3.05) is 24.6 Å². The number of carbonyl (C=O) groups is 2. The second-order valence-corrected chi connectivity index (χ2v) is 10.3. The Bertz CT molecular complexity index is 1220. The third kappa shape index (κ3) is 5.80. The Morgan fingerprint density at radius 2 is 1.84 bits per heavy atom. The first kappa shape index (κ1) is 26.1. The standard InChI is InChI=1S/C28H31F2N3O5/c29-28(30)38-23-4-2-1-3-21(23)25(31)22(26(34)16-5-6-16)15-37-20-9-7-18-13-33(14-19(18)11-20)24-10-8-17(12-32-24)27(35)36/h1-4,8,10,12,16,18-20,28H,5-7,9,11,13-15,31H2,(H,35,36)/t18?,19-,20-/m0/s1. The van der Waals surface area contributed by atoms with E-state index in [-0.39, 0.29) is 47.0 Å². The number of hydrogen-bond donors (Lipinski definition) is 2. The molecule has 8 nitrogen and oxygen atoms in total. The summed E-state index contributed by atoms with van der Waals surface area (Å²) in [6, 6.07) is 9.53. The number of carbonyl (C=O) groups excluding carboxylic acids is 1. The lowest BCUT2D eigenvalue weighted by atomic mass is 9.80. The molecule has 2 aromatic rings. The number of carboxylic acid groups (broad SMARTS) is 1. The van der Waals surface area contributed by atoms with E-state index < -0.39 is 12.6 Å². The van der Waals surface area contributed by atoms with E-state index in [4.69, 9.17) is 15.6 Å². The maximum Gasteiger partial charge on any atom is 0.387 e. The van der Waals surface area contributed by atoms with Gasteiger partial charge in [0.15, 0.2) is 5.78 Å². The van der Waals surface area contributed by atoms with Gasteiger partial charge in [-0.3, -0.25) is 4.79 Å². The van der Waals surface area contributed by atoms with Crippen LogP contribution in [0.5, 0.6) is 5.75 Å². The number of hydrogen-bond acceptors (Lipinski definition) is 7. The summed E-state index contributed by atoms with van der Waals surface area (Å²) in [7, 11) is 0. The van der Waals surface area contributed by atoms with Gasteiger partial charge in [0.25, 0.3) is 0 Å². The molecular formula is C28H31F2N3O5. The van der Waals surface area contributed by atoms with Gasteiger partial charge >= 0.3 is 12.6 Å². The minimum absolute atomic E-state index is 0.0220. The molecular weight excluding hydrogens is 496 g/mol. The maximum atomic E-state index is 13.1. The molecule has 3 N–H and O–H groups in total. The minimum atomic E-state index is -3.01. The third-order valence-electron chi connectivity index (χ3n) is 7.75. The Morgan fingerprint density at radius 1 is 1.08 bits per heavy atom. The van der Waals surface area contributed by atoms with Gasteiger partial charge in [-0.05, 0) is 68.2 Å². The largest absolute Gasteiger partial charge is 0.478 e. The van der Waals surface area contributed by atoms with Crippen molar-refractivity contribution >= 4 is 23.3 Å². The van der Waals surface area contributed by atoms with E-state index in [1.807, 2.05) is 0 Å². The van der Waals surface area contributed by atoms with Gasteiger partial charge in [0.05, 0.1) is 24.0 Å². The minimum Gasteiger partial charge on any atom is -0.478 e. The third-order valence-corrected chi connectivity index (χ3v) is 7.75. The van der Waals surface area contributed by atoms with Crippen LogP contribution in [-0.4, -0.2) is 54.3 Å². The lowest BCUT2D eigenvalue weighted by molar-refractivity contribution is -0.117. The number of nitrogens with two attached hydrogens (primary N) is 1. The molecule has 3 aliphatic rings. The van der Waals surface area contributed by atoms with Crippen LogP contribution in [0.1, 0.15) is 48.0 Å². The van der Waals surface area contributed by atoms with Crippen molar-refractivity contribution in [2.24, 2.45) is 23.5 Å². The second kappa shape index (κ2) is 11.1. The average Bonchev–Trinajstić information content (AvgIpc) is 3.67. The van der Waals surface area contributed by atoms with Crippen molar-refractivity contribution < 1.29 is 33.0 Å². The molecule has 1 unspecified atom stereocenters. The molecule has 0 spiro atoms. The van der Waals surface area contributed by atoms with E-state index in [1.54, 1.807) is 30.3 Å². The van der Waals surface area contributed by atoms with Crippen molar-refractivity contribution in [1.82, 2.24) is 4.98 Å². The number of Topliss-reactive ketones (excluding diaryl/α,β-unsaturated/α-hetero) is 1. The molecule has 3 atom stereocenters. The summed E-state index contributed by atoms with van der Waals surface area (Å²) < 4.78 is 36.8. The van der Waals surface area contributed by atoms with Crippen LogP contribution < -0.4 is 15.4 Å². The Morgan fingerprint density at radius 3 is 2.53 bits per heavy atom. The van der Waals surface area contributed by atoms with Crippen LogP contribution in [-0.2, 0) is 9.53 Å². The molecule has 1 saturated heterocycles. The lowest BCUT2D eigenvalue weighted by Gasteiger charge is -2.31. The van der Waals surface area contributed by atoms with Gasteiger partial charge in [-0.15, -0.1) is 0 Å². The summed E-state index contributed by atoms with van der Waals surface area (Å²) >= 11 is 0. The van der Waals surface area contributed by atoms with Gasteiger partial charge < -0.3 is 25.2 Å². The summed E-state index contributed by atoms with van der Waals surface area (Å²) in [5.74, 6) is 0.372. The molecule has 5 rings (SSSR count). The predicted octanol–water partition coefficient (Wildman–Crippen LogP) is 4.35. The van der Waals surface area contributed by atoms with Crippen molar-refractivity contribution in [3.63, 3.8) is 0 Å². The molecule has 1 aromatic carbocycles. The van der Waals surface area contributed by atoms with Gasteiger partial charge in [-0.1, -0.05) is 12.1 Å². The summed E-state index contributed by atoms with van der Waals surface area (Å²) in [6.07, 6.45) is 5.53. The molecule has 1 aliphatic heterocycles. The molecule has 202 valence electrons. The zero-order valence-corrected chi connectivity index (χ0v) is 20.9. The summed E-state index contributed by atoms with van der Waals surface area (Å²) in [6.45, 7) is -1.33. The Balaban J connectivity index is 1.26. The fraction of sp³-hybridized carbons (Fsp3) is 0.464. The summed E-state index contributed by atoms with van der Waals surface area (Å²) in [5, 5.41) is 9.11. The van der Waals surface area contributed by atoms with Crippen molar-refractivity contribution in [3.05, 3.63) is 59.3 Å². The van der Waals surface area contributed by atoms with Crippen LogP contribution >= 0.6 is 0 Å². The molecule has 2 saturated carbocycles. The summed E-state index contributed by atoms with van der Waals surface area (Å²) in [4.78, 5) is 30.7. The zero-order valence-electron chi connectivity index (χ0n) is 20.9. The van der Waals surface area contributed by atoms with Gasteiger partial charge in [-0.2, -0.15) is 8.78 Å². The monoisotopic (exact) mass is 527 g/mol. The van der Waals surface area contributed by atoms with Crippen molar-refractivity contribution in [1.29, 1.82) is 0 Å². The van der Waals surface area contributed by atoms with E-state index in [2.05, 4.69) is 14.6 Å². The van der Waals surface area contributed by atoms with E-state index in [9.17, 15) is 18.4 Å². The van der Waals surface area contributed by atoms with Gasteiger partial charge in [0, 0.05) is 36.3 Å². The van der Waals surface area contributed by atoms with Gasteiger partial charge in [0.2, 0.25) is 0 Å². The Kier molecular flexibility index (Phi) is 7.60. The molecule has 0 bridgehead atoms. The van der Waals surface area contributed by atoms with Gasteiger partial charge in [-0.25, -0.2) is 9.78 Å². The SMILES string of the molecule is NC(=C(CO[C@H]1CCC2CN(c3ccc(C(=O)O)cn3)C[C@@H]2C1)C(=O)C1CC1)c1ccccc1OC(F)F. The topological polar surface area (TPSA) is 115 Å². The second-order valence-electron chi connectivity index (χ2n) is 10.3. The number of ketones is 1. The molecule has 2 aliphatic carbocycles. The normalized spacial score (nSPS) is 23.7. The number of rotatable bonds is 10. The first-order valence-corrected chi connectivity index (χ1v) is 12.9. The molecule has 38 heavy (non-hydrogen) atoms. The van der Waals surface area contributed by atoms with Crippen LogP contribution in [0.15, 0.2) is 48.2 Å². The van der Waals surface area contributed by atoms with Crippen molar-refractivity contribution in [2.45, 2.75) is 44.8 Å². The molecule has 3 fully saturated rings. The number of aromatic nitrogens is 1. The first-order valence-electron chi connectivity index (χ1n) is 12.9. The Hall–Kier alpha value is -3.53. The first-order chi connectivity index (χ1) is 18.3. The number of halogens is 2. The van der Waals surface area contributed by atoms with E-state index in [0.717, 1.165) is 51.0 Å². The highest BCUT2D eigenvalue weighted by atomic mass is 19.3. The van der Waals surface area contributed by atoms with Crippen LogP contribution in [0.4, 0.5) is 14.6 Å². The number of pyridine rings is 1. The van der Waals surface area contributed by atoms with Crippen LogP contribution in [0.25, 0.3) is 5.70 Å². The number of anilines is 1. The zero-order chi connectivity index (χ0) is 26.8. The number of fused-ring (bicyclic) bond motifs is 1. The average molecular weight is 528 g/mol. The molecule has 10 heteroatoms. The number of nitrogens with zero attached hydrogens (tertiary/aromatic N) is 2. The van der Waals surface area contributed by atoms with Gasteiger partial charge in [0.1, 0.15) is 11.6 Å². The van der Waals surface area contributed by atoms with E-state index in [0.29, 0.717) is 17.4 Å². The number of aromatic carboxylic acids is 1. The van der Waals surface area contributed by atoms with E-state index >= 15 is 0 Å². The van der Waals surface area contributed by atoms with Crippen LogP contribution in [0, 0.1) is 17.8 Å². The fourth-order valence-electron chi connectivity index (χ4n) is 5.55. The number of benzene rings is 1. The molecule has 2 heterocycles. The van der Waals surface area contributed by atoms with E-state index in [1.165, 1.54) is 12.3 Å². The highest BCUT2D eigenvalue weighted by molar-refractivity contribution is 6.05. The fourth-order valence-corrected chi connectivity index (χ4v) is 5.55. The summed E-state index contributed by atoms with van der Waals surface area (Å²) in [5.41, 5.74) is 7.25. The number of para-hydroxylation sites is 1. The quantitative estimate of drug-likeness (QED) is 0.438.